The van der Waals surface area contributed by atoms with E-state index in [9.17, 15) is 9.59 Å². The van der Waals surface area contributed by atoms with E-state index in [0.717, 1.165) is 10.6 Å². The van der Waals surface area contributed by atoms with Crippen LogP contribution in [0.15, 0.2) is 40.5 Å². The molecule has 10 nitrogen and oxygen atoms in total. The Morgan fingerprint density at radius 3 is 2.68 bits per heavy atom. The van der Waals surface area contributed by atoms with Crippen LogP contribution >= 0.6 is 27.7 Å². The number of para-hydroxylation sites is 1. The van der Waals surface area contributed by atoms with E-state index in [2.05, 4.69) is 36.4 Å². The van der Waals surface area contributed by atoms with Gasteiger partial charge in [0.1, 0.15) is 0 Å². The van der Waals surface area contributed by atoms with Crippen LogP contribution in [-0.4, -0.2) is 90.2 Å². The highest BCUT2D eigenvalue weighted by molar-refractivity contribution is 9.18. The number of urea groups is 1. The lowest BCUT2D eigenvalue weighted by Crippen LogP contribution is -2.64. The number of aromatic nitrogens is 4. The van der Waals surface area contributed by atoms with Crippen molar-refractivity contribution in [3.8, 4) is 5.69 Å². The minimum absolute atomic E-state index is 0.259. The molecule has 2 aliphatic heterocycles. The lowest BCUT2D eigenvalue weighted by molar-refractivity contribution is -0.136. The van der Waals surface area contributed by atoms with Crippen LogP contribution in [0.5, 0.6) is 0 Å². The summed E-state index contributed by atoms with van der Waals surface area (Å²) >= 11 is 4.92. The second-order valence-electron chi connectivity index (χ2n) is 6.30. The fourth-order valence-electron chi connectivity index (χ4n) is 3.20. The Morgan fingerprint density at radius 2 is 1.93 bits per heavy atom. The van der Waals surface area contributed by atoms with Crippen LogP contribution in [0.4, 0.5) is 4.79 Å². The van der Waals surface area contributed by atoms with Gasteiger partial charge in [-0.25, -0.2) is 9.79 Å². The van der Waals surface area contributed by atoms with Gasteiger partial charge in [-0.1, -0.05) is 30.0 Å². The third-order valence-corrected chi connectivity index (χ3v) is 6.23. The zero-order valence-corrected chi connectivity index (χ0v) is 17.5. The number of amidine groups is 1. The molecule has 1 aromatic heterocycles. The number of likely N-dealkylation sites (N-methyl/N-ethyl adjacent to an activating group) is 2. The van der Waals surface area contributed by atoms with Crippen LogP contribution in [-0.2, 0) is 4.79 Å². The second kappa shape index (κ2) is 7.51. The van der Waals surface area contributed by atoms with Crippen molar-refractivity contribution in [1.29, 1.82) is 0 Å². The molecule has 28 heavy (non-hydrogen) atoms. The number of benzene rings is 1. The van der Waals surface area contributed by atoms with E-state index in [4.69, 9.17) is 0 Å². The van der Waals surface area contributed by atoms with Crippen LogP contribution in [0.25, 0.3) is 5.69 Å². The van der Waals surface area contributed by atoms with Gasteiger partial charge in [-0.3, -0.25) is 9.69 Å². The maximum absolute atomic E-state index is 12.6. The van der Waals surface area contributed by atoms with Crippen LogP contribution in [0, 0.1) is 0 Å². The van der Waals surface area contributed by atoms with E-state index in [1.165, 1.54) is 23.7 Å². The Hall–Kier alpha value is -2.47. The van der Waals surface area contributed by atoms with E-state index in [1.54, 1.807) is 11.7 Å². The summed E-state index contributed by atoms with van der Waals surface area (Å²) in [5.74, 6) is 0.376. The number of fused-ring (bicyclic) bond motifs is 1. The molecule has 1 aromatic carbocycles. The highest BCUT2D eigenvalue weighted by atomic mass is 79.9. The van der Waals surface area contributed by atoms with E-state index in [1.807, 2.05) is 35.2 Å². The van der Waals surface area contributed by atoms with Crippen molar-refractivity contribution in [3.63, 3.8) is 0 Å². The molecule has 2 atom stereocenters. The molecule has 12 heteroatoms. The highest BCUT2D eigenvalue weighted by Gasteiger charge is 2.50. The van der Waals surface area contributed by atoms with E-state index < -0.39 is 12.2 Å². The smallest absolute Gasteiger partial charge is 0.328 e. The maximum atomic E-state index is 12.6. The highest BCUT2D eigenvalue weighted by Crippen LogP contribution is 2.29. The first-order valence-corrected chi connectivity index (χ1v) is 10.3. The van der Waals surface area contributed by atoms with Crippen molar-refractivity contribution in [1.82, 2.24) is 34.9 Å². The Balaban J connectivity index is 1.45. The lowest BCUT2D eigenvalue weighted by Gasteiger charge is -2.39. The van der Waals surface area contributed by atoms with Crippen molar-refractivity contribution in [2.75, 3.05) is 26.4 Å². The van der Waals surface area contributed by atoms with E-state index >= 15 is 0 Å². The molecule has 2 unspecified atom stereocenters. The first-order chi connectivity index (χ1) is 13.5. The SMILES string of the molecule is CN1C(=O)C2C(N=C(Br)N2CCSc2nnnn2-c2ccccc2)N(C)C1=O. The van der Waals surface area contributed by atoms with Gasteiger partial charge in [0.05, 0.1) is 5.69 Å². The van der Waals surface area contributed by atoms with Gasteiger partial charge in [0.25, 0.3) is 5.91 Å². The standard InChI is InChI=1S/C16H17BrN8O2S/c1-22-12-11(13(26)23(2)16(22)27)24(14(17)18-12)8-9-28-15-19-20-21-25(15)10-6-4-3-5-7-10/h3-7,11-12H,8-9H2,1-2H3. The van der Waals surface area contributed by atoms with Crippen molar-refractivity contribution in [2.24, 2.45) is 4.99 Å². The van der Waals surface area contributed by atoms with E-state index in [-0.39, 0.29) is 11.9 Å². The minimum atomic E-state index is -0.534. The molecule has 0 radical (unpaired) electrons. The fourth-order valence-corrected chi connectivity index (χ4v) is 4.63. The average Bonchev–Trinajstić information content (AvgIpc) is 3.30. The second-order valence-corrected chi connectivity index (χ2v) is 8.07. The van der Waals surface area contributed by atoms with Gasteiger partial charge in [-0.2, -0.15) is 4.68 Å². The van der Waals surface area contributed by atoms with Crippen molar-refractivity contribution >= 4 is 44.4 Å². The molecular weight excluding hydrogens is 448 g/mol. The first-order valence-electron chi connectivity index (χ1n) is 8.50. The molecule has 0 saturated carbocycles. The number of hydrogen-bond donors (Lipinski definition) is 0. The number of halogens is 1. The maximum Gasteiger partial charge on any atom is 0.328 e. The molecule has 2 aliphatic rings. The quantitative estimate of drug-likeness (QED) is 0.481. The van der Waals surface area contributed by atoms with Crippen molar-refractivity contribution < 1.29 is 9.59 Å². The van der Waals surface area contributed by atoms with Gasteiger partial charge in [0.15, 0.2) is 17.0 Å². The first kappa shape index (κ1) is 18.9. The summed E-state index contributed by atoms with van der Waals surface area (Å²) in [7, 11) is 3.14. The summed E-state index contributed by atoms with van der Waals surface area (Å²) in [6.07, 6.45) is -0.523. The molecule has 146 valence electrons. The third-order valence-electron chi connectivity index (χ3n) is 4.67. The monoisotopic (exact) mass is 464 g/mol. The fraction of sp³-hybridized carbons (Fsp3) is 0.375. The molecule has 3 amide bonds. The van der Waals surface area contributed by atoms with Gasteiger partial charge in [0.2, 0.25) is 5.16 Å². The molecular formula is C16H17BrN8O2S. The van der Waals surface area contributed by atoms with E-state index in [0.29, 0.717) is 22.2 Å². The number of carbonyl (C=O) groups excluding carboxylic acids is 2. The number of hydrogen-bond acceptors (Lipinski definition) is 8. The molecule has 0 aliphatic carbocycles. The predicted octanol–water partition coefficient (Wildman–Crippen LogP) is 1.04. The molecule has 2 aromatic rings. The topological polar surface area (TPSA) is 99.8 Å². The number of rotatable bonds is 5. The van der Waals surface area contributed by atoms with Crippen molar-refractivity contribution in [3.05, 3.63) is 30.3 Å². The van der Waals surface area contributed by atoms with Gasteiger partial charge in [-0.15, -0.1) is 5.10 Å². The number of tetrazole rings is 1. The van der Waals surface area contributed by atoms with Gasteiger partial charge in [-0.05, 0) is 38.5 Å². The average molecular weight is 465 g/mol. The molecule has 0 bridgehead atoms. The minimum Gasteiger partial charge on any atom is -0.334 e. The van der Waals surface area contributed by atoms with Gasteiger partial charge < -0.3 is 9.80 Å². The van der Waals surface area contributed by atoms with Crippen LogP contribution in [0.2, 0.25) is 0 Å². The number of nitrogens with zero attached hydrogens (tertiary/aromatic N) is 8. The zero-order valence-electron chi connectivity index (χ0n) is 15.1. The number of thioether (sulfide) groups is 1. The molecule has 3 heterocycles. The molecule has 1 fully saturated rings. The summed E-state index contributed by atoms with van der Waals surface area (Å²) in [5, 5.41) is 12.5. The third kappa shape index (κ3) is 3.15. The number of amides is 3. The number of carbonyl (C=O) groups is 2. The number of aliphatic imine (C=N–C) groups is 1. The summed E-state index contributed by atoms with van der Waals surface area (Å²) in [6, 6.07) is 8.75. The van der Waals surface area contributed by atoms with Crippen molar-refractivity contribution in [2.45, 2.75) is 17.4 Å². The largest absolute Gasteiger partial charge is 0.334 e. The number of imide groups is 1. The Kier molecular flexibility index (Phi) is 5.06. The molecule has 1 saturated heterocycles. The summed E-state index contributed by atoms with van der Waals surface area (Å²) < 4.78 is 2.24. The van der Waals surface area contributed by atoms with Crippen LogP contribution in [0.3, 0.4) is 0 Å². The Bertz CT molecular complexity index is 936. The normalized spacial score (nSPS) is 22.0. The summed E-state index contributed by atoms with van der Waals surface area (Å²) in [4.78, 5) is 33.7. The molecule has 4 rings (SSSR count). The predicted molar refractivity (Wildman–Crippen MR) is 106 cm³/mol. The molecule has 0 N–H and O–H groups in total. The summed E-state index contributed by atoms with van der Waals surface area (Å²) in [5.41, 5.74) is 0.878. The van der Waals surface area contributed by atoms with Gasteiger partial charge >= 0.3 is 6.03 Å². The van der Waals surface area contributed by atoms with Crippen LogP contribution < -0.4 is 0 Å². The van der Waals surface area contributed by atoms with Crippen LogP contribution in [0.1, 0.15) is 0 Å². The lowest BCUT2D eigenvalue weighted by atomic mass is 10.1. The zero-order chi connectivity index (χ0) is 19.8. The molecule has 0 spiro atoms. The summed E-state index contributed by atoms with van der Waals surface area (Å²) in [6.45, 7) is 0.541. The van der Waals surface area contributed by atoms with Gasteiger partial charge in [0, 0.05) is 26.4 Å². The Morgan fingerprint density at radius 1 is 1.18 bits per heavy atom. The Labute approximate surface area is 173 Å².